The van der Waals surface area contributed by atoms with Gasteiger partial charge in [0, 0.05) is 23.9 Å². The molecule has 1 atom stereocenters. The lowest BCUT2D eigenvalue weighted by Crippen LogP contribution is -2.27. The van der Waals surface area contributed by atoms with Crippen LogP contribution in [0.4, 0.5) is 5.82 Å². The minimum absolute atomic E-state index is 0.530. The molecular weight excluding hydrogens is 252 g/mol. The van der Waals surface area contributed by atoms with Gasteiger partial charge in [-0.3, -0.25) is 0 Å². The highest BCUT2D eigenvalue weighted by Crippen LogP contribution is 2.29. The van der Waals surface area contributed by atoms with Gasteiger partial charge < -0.3 is 14.7 Å². The van der Waals surface area contributed by atoms with E-state index in [4.69, 9.17) is 4.74 Å². The number of ether oxygens (including phenoxy) is 1. The molecule has 0 spiro atoms. The number of benzene rings is 1. The van der Waals surface area contributed by atoms with Crippen molar-refractivity contribution in [2.24, 2.45) is 0 Å². The monoisotopic (exact) mass is 270 g/mol. The van der Waals surface area contributed by atoms with Gasteiger partial charge in [-0.05, 0) is 19.1 Å². The molecular formula is C16H18N2O2. The Balaban J connectivity index is 1.96. The summed E-state index contributed by atoms with van der Waals surface area (Å²) in [6.07, 6.45) is 1.23. The second-order valence-corrected chi connectivity index (χ2v) is 4.97. The Bertz CT molecular complexity index is 599. The molecule has 1 N–H and O–H groups in total. The summed E-state index contributed by atoms with van der Waals surface area (Å²) in [5.41, 5.74) is 2.00. The molecule has 4 heteroatoms. The van der Waals surface area contributed by atoms with Gasteiger partial charge in [-0.25, -0.2) is 4.98 Å². The van der Waals surface area contributed by atoms with E-state index in [0.29, 0.717) is 6.61 Å². The maximum atomic E-state index is 9.90. The Morgan fingerprint density at radius 2 is 2.10 bits per heavy atom. The summed E-state index contributed by atoms with van der Waals surface area (Å²) in [6, 6.07) is 11.8. The van der Waals surface area contributed by atoms with Crippen LogP contribution < -0.4 is 9.64 Å². The van der Waals surface area contributed by atoms with Gasteiger partial charge >= 0.3 is 0 Å². The highest BCUT2D eigenvalue weighted by Gasteiger charge is 2.19. The molecule has 0 aliphatic carbocycles. The molecule has 3 rings (SSSR count). The van der Waals surface area contributed by atoms with Crippen molar-refractivity contribution in [3.63, 3.8) is 0 Å². The topological polar surface area (TPSA) is 45.6 Å². The first-order valence-electron chi connectivity index (χ1n) is 6.84. The number of pyridine rings is 1. The largest absolute Gasteiger partial charge is 0.491 e. The number of hydrogen-bond donors (Lipinski definition) is 1. The molecule has 0 saturated heterocycles. The summed E-state index contributed by atoms with van der Waals surface area (Å²) < 4.78 is 5.77. The lowest BCUT2D eigenvalue weighted by Gasteiger charge is -2.24. The van der Waals surface area contributed by atoms with E-state index in [1.54, 1.807) is 13.1 Å². The number of rotatable bonds is 2. The minimum atomic E-state index is -0.530. The number of aliphatic hydroxyl groups is 1. The zero-order valence-corrected chi connectivity index (χ0v) is 11.5. The van der Waals surface area contributed by atoms with Crippen LogP contribution in [0.15, 0.2) is 42.6 Å². The number of anilines is 1. The number of hydrogen-bond acceptors (Lipinski definition) is 4. The molecule has 0 bridgehead atoms. The van der Waals surface area contributed by atoms with Crippen molar-refractivity contribution in [1.29, 1.82) is 0 Å². The number of aliphatic hydroxyl groups excluding tert-OH is 1. The fraction of sp³-hybridized carbons (Fsp3) is 0.312. The summed E-state index contributed by atoms with van der Waals surface area (Å²) in [4.78, 5) is 6.61. The predicted octanol–water partition coefficient (Wildman–Crippen LogP) is 2.53. The van der Waals surface area contributed by atoms with E-state index in [1.165, 1.54) is 0 Å². The van der Waals surface area contributed by atoms with Gasteiger partial charge in [-0.1, -0.05) is 24.3 Å². The number of nitrogens with zero attached hydrogens (tertiary/aromatic N) is 2. The standard InChI is InChI=1S/C16H18N2O2/c1-12(19)14-6-4-8-17-16(14)18-9-10-20-15-7-3-2-5-13(15)11-18/h2-8,12,19H,9-11H2,1H3/t12-/m0/s1. The van der Waals surface area contributed by atoms with Crippen LogP contribution >= 0.6 is 0 Å². The first kappa shape index (κ1) is 12.9. The van der Waals surface area contributed by atoms with Crippen LogP contribution in [0, 0.1) is 0 Å². The quantitative estimate of drug-likeness (QED) is 0.911. The van der Waals surface area contributed by atoms with Crippen molar-refractivity contribution >= 4 is 5.82 Å². The predicted molar refractivity (Wildman–Crippen MR) is 77.9 cm³/mol. The zero-order valence-electron chi connectivity index (χ0n) is 11.5. The van der Waals surface area contributed by atoms with E-state index in [1.807, 2.05) is 30.3 Å². The van der Waals surface area contributed by atoms with E-state index in [0.717, 1.165) is 35.8 Å². The van der Waals surface area contributed by atoms with E-state index < -0.39 is 6.10 Å². The molecule has 1 aromatic carbocycles. The van der Waals surface area contributed by atoms with Crippen LogP contribution in [0.1, 0.15) is 24.2 Å². The number of fused-ring (bicyclic) bond motifs is 1. The van der Waals surface area contributed by atoms with Crippen LogP contribution in [0.2, 0.25) is 0 Å². The van der Waals surface area contributed by atoms with Crippen molar-refractivity contribution < 1.29 is 9.84 Å². The van der Waals surface area contributed by atoms with Gasteiger partial charge in [0.15, 0.2) is 0 Å². The molecule has 0 saturated carbocycles. The van der Waals surface area contributed by atoms with Crippen molar-refractivity contribution in [3.8, 4) is 5.75 Å². The molecule has 20 heavy (non-hydrogen) atoms. The van der Waals surface area contributed by atoms with Crippen molar-refractivity contribution in [3.05, 3.63) is 53.7 Å². The summed E-state index contributed by atoms with van der Waals surface area (Å²) in [5.74, 6) is 1.77. The molecule has 2 aromatic rings. The van der Waals surface area contributed by atoms with E-state index in [-0.39, 0.29) is 0 Å². The van der Waals surface area contributed by atoms with Gasteiger partial charge in [0.1, 0.15) is 18.2 Å². The van der Waals surface area contributed by atoms with Gasteiger partial charge in [-0.2, -0.15) is 0 Å². The fourth-order valence-corrected chi connectivity index (χ4v) is 2.51. The van der Waals surface area contributed by atoms with Crippen molar-refractivity contribution in [2.75, 3.05) is 18.1 Å². The average Bonchev–Trinajstić information content (AvgIpc) is 2.69. The Kier molecular flexibility index (Phi) is 3.56. The van der Waals surface area contributed by atoms with Crippen LogP contribution in [-0.2, 0) is 6.54 Å². The third-order valence-corrected chi connectivity index (χ3v) is 3.52. The normalized spacial score (nSPS) is 16.0. The third kappa shape index (κ3) is 2.47. The lowest BCUT2D eigenvalue weighted by atomic mass is 10.1. The lowest BCUT2D eigenvalue weighted by molar-refractivity contribution is 0.199. The smallest absolute Gasteiger partial charge is 0.134 e. The number of para-hydroxylation sites is 1. The minimum Gasteiger partial charge on any atom is -0.491 e. The first-order chi connectivity index (χ1) is 9.75. The van der Waals surface area contributed by atoms with Crippen LogP contribution in [0.5, 0.6) is 5.75 Å². The van der Waals surface area contributed by atoms with Crippen molar-refractivity contribution in [1.82, 2.24) is 4.98 Å². The van der Waals surface area contributed by atoms with E-state index in [9.17, 15) is 5.11 Å². The summed E-state index contributed by atoms with van der Waals surface area (Å²) in [7, 11) is 0. The molecule has 0 unspecified atom stereocenters. The maximum absolute atomic E-state index is 9.90. The third-order valence-electron chi connectivity index (χ3n) is 3.52. The Hall–Kier alpha value is -2.07. The summed E-state index contributed by atoms with van der Waals surface area (Å²) >= 11 is 0. The highest BCUT2D eigenvalue weighted by atomic mass is 16.5. The van der Waals surface area contributed by atoms with Gasteiger partial charge in [0.05, 0.1) is 12.6 Å². The molecule has 0 radical (unpaired) electrons. The molecule has 1 aliphatic heterocycles. The molecule has 104 valence electrons. The van der Waals surface area contributed by atoms with Crippen LogP contribution in [-0.4, -0.2) is 23.2 Å². The second-order valence-electron chi connectivity index (χ2n) is 4.97. The molecule has 4 nitrogen and oxygen atoms in total. The number of aromatic nitrogens is 1. The molecule has 1 aliphatic rings. The first-order valence-corrected chi connectivity index (χ1v) is 6.84. The molecule has 2 heterocycles. The van der Waals surface area contributed by atoms with E-state index >= 15 is 0 Å². The van der Waals surface area contributed by atoms with Crippen LogP contribution in [0.25, 0.3) is 0 Å². The van der Waals surface area contributed by atoms with Gasteiger partial charge in [0.2, 0.25) is 0 Å². The SMILES string of the molecule is C[C@H](O)c1cccnc1N1CCOc2ccccc2C1. The Morgan fingerprint density at radius 1 is 1.25 bits per heavy atom. The van der Waals surface area contributed by atoms with Gasteiger partial charge in [0.25, 0.3) is 0 Å². The zero-order chi connectivity index (χ0) is 13.9. The summed E-state index contributed by atoms with van der Waals surface area (Å²) in [5, 5.41) is 9.90. The molecule has 0 fully saturated rings. The molecule has 0 amide bonds. The second kappa shape index (κ2) is 5.51. The summed E-state index contributed by atoms with van der Waals surface area (Å²) in [6.45, 7) is 3.88. The van der Waals surface area contributed by atoms with E-state index in [2.05, 4.69) is 16.0 Å². The highest BCUT2D eigenvalue weighted by molar-refractivity contribution is 5.50. The van der Waals surface area contributed by atoms with Crippen LogP contribution in [0.3, 0.4) is 0 Å². The molecule has 1 aromatic heterocycles. The fourth-order valence-electron chi connectivity index (χ4n) is 2.51. The Morgan fingerprint density at radius 3 is 2.95 bits per heavy atom. The average molecular weight is 270 g/mol. The maximum Gasteiger partial charge on any atom is 0.134 e. The Labute approximate surface area is 118 Å². The van der Waals surface area contributed by atoms with Crippen molar-refractivity contribution in [2.45, 2.75) is 19.6 Å². The van der Waals surface area contributed by atoms with Gasteiger partial charge in [-0.15, -0.1) is 0 Å².